The maximum atomic E-state index is 9.54. The predicted octanol–water partition coefficient (Wildman–Crippen LogP) is 3.96. The third-order valence-corrected chi connectivity index (χ3v) is 4.13. The summed E-state index contributed by atoms with van der Waals surface area (Å²) in [5.41, 5.74) is 9.22. The largest absolute Gasteiger partial charge is 0.456 e. The van der Waals surface area contributed by atoms with Crippen LogP contribution in [0.25, 0.3) is 11.0 Å². The van der Waals surface area contributed by atoms with E-state index in [4.69, 9.17) is 14.9 Å². The molecule has 0 radical (unpaired) electrons. The van der Waals surface area contributed by atoms with E-state index >= 15 is 0 Å². The van der Waals surface area contributed by atoms with Crippen LogP contribution in [0.15, 0.2) is 64.4 Å². The van der Waals surface area contributed by atoms with Gasteiger partial charge < -0.3 is 14.9 Å². The zero-order valence-electron chi connectivity index (χ0n) is 12.5. The van der Waals surface area contributed by atoms with Gasteiger partial charge in [0.2, 0.25) is 5.88 Å². The van der Waals surface area contributed by atoms with Gasteiger partial charge >= 0.3 is 0 Å². The maximum absolute atomic E-state index is 9.54. The number of para-hydroxylation sites is 1. The van der Waals surface area contributed by atoms with Gasteiger partial charge in [0, 0.05) is 0 Å². The molecular weight excluding hydrogens is 288 g/mol. The number of fused-ring (bicyclic) bond motifs is 3. The molecule has 112 valence electrons. The minimum Gasteiger partial charge on any atom is -0.456 e. The summed E-state index contributed by atoms with van der Waals surface area (Å²) in [6, 6.07) is 17.8. The van der Waals surface area contributed by atoms with Gasteiger partial charge in [-0.05, 0) is 24.6 Å². The summed E-state index contributed by atoms with van der Waals surface area (Å²) in [4.78, 5) is 0. The van der Waals surface area contributed by atoms with Crippen LogP contribution in [0, 0.1) is 18.3 Å². The Bertz CT molecular complexity index is 975. The minimum absolute atomic E-state index is 0.136. The highest BCUT2D eigenvalue weighted by molar-refractivity contribution is 5.87. The molecule has 1 aromatic heterocycles. The average molecular weight is 302 g/mol. The fourth-order valence-electron chi connectivity index (χ4n) is 2.97. The first-order valence-corrected chi connectivity index (χ1v) is 7.34. The number of furan rings is 1. The SMILES string of the molecule is Cc1ccc(C2C(C#N)=C(N)Oc3c2oc2ccccc32)cc1. The van der Waals surface area contributed by atoms with E-state index in [1.54, 1.807) is 0 Å². The number of aryl methyl sites for hydroxylation is 1. The Kier molecular flexibility index (Phi) is 2.88. The van der Waals surface area contributed by atoms with Gasteiger partial charge in [0.05, 0.1) is 11.3 Å². The first kappa shape index (κ1) is 13.5. The van der Waals surface area contributed by atoms with Crippen molar-refractivity contribution in [3.63, 3.8) is 0 Å². The minimum atomic E-state index is -0.350. The molecule has 1 aliphatic rings. The highest BCUT2D eigenvalue weighted by Gasteiger charge is 2.35. The maximum Gasteiger partial charge on any atom is 0.206 e. The standard InChI is InChI=1S/C19H14N2O2/c1-11-6-8-12(9-7-11)16-14(10-20)19(21)23-17-13-4-2-3-5-15(13)22-18(16)17/h2-9,16H,21H2,1H3. The summed E-state index contributed by atoms with van der Waals surface area (Å²) in [6.45, 7) is 2.02. The van der Waals surface area contributed by atoms with E-state index in [0.717, 1.165) is 22.1 Å². The molecule has 3 aromatic rings. The highest BCUT2D eigenvalue weighted by atomic mass is 16.5. The Morgan fingerprint density at radius 2 is 1.83 bits per heavy atom. The Morgan fingerprint density at radius 3 is 2.57 bits per heavy atom. The number of nitrogens with zero attached hydrogens (tertiary/aromatic N) is 1. The number of nitriles is 1. The molecule has 1 aliphatic heterocycles. The first-order chi connectivity index (χ1) is 11.2. The van der Waals surface area contributed by atoms with E-state index < -0.39 is 0 Å². The van der Waals surface area contributed by atoms with E-state index in [2.05, 4.69) is 6.07 Å². The van der Waals surface area contributed by atoms with Gasteiger partial charge in [-0.3, -0.25) is 0 Å². The van der Waals surface area contributed by atoms with Crippen LogP contribution in [-0.2, 0) is 0 Å². The fourth-order valence-corrected chi connectivity index (χ4v) is 2.97. The van der Waals surface area contributed by atoms with Crippen molar-refractivity contribution >= 4 is 11.0 Å². The van der Waals surface area contributed by atoms with Crippen molar-refractivity contribution in [2.24, 2.45) is 5.73 Å². The summed E-state index contributed by atoms with van der Waals surface area (Å²) in [5, 5.41) is 10.4. The zero-order valence-corrected chi connectivity index (χ0v) is 12.5. The number of hydrogen-bond acceptors (Lipinski definition) is 4. The van der Waals surface area contributed by atoms with E-state index in [-0.39, 0.29) is 11.8 Å². The van der Waals surface area contributed by atoms with Crippen molar-refractivity contribution < 1.29 is 9.15 Å². The average Bonchev–Trinajstić information content (AvgIpc) is 2.93. The molecule has 4 rings (SSSR count). The summed E-state index contributed by atoms with van der Waals surface area (Å²) < 4.78 is 11.7. The van der Waals surface area contributed by atoms with E-state index in [0.29, 0.717) is 17.1 Å². The number of nitrogens with two attached hydrogens (primary N) is 1. The van der Waals surface area contributed by atoms with E-state index in [1.807, 2.05) is 55.5 Å². The van der Waals surface area contributed by atoms with Gasteiger partial charge in [-0.1, -0.05) is 42.0 Å². The normalized spacial score (nSPS) is 16.8. The smallest absolute Gasteiger partial charge is 0.206 e. The molecule has 0 amide bonds. The number of ether oxygens (including phenoxy) is 1. The number of benzene rings is 2. The monoisotopic (exact) mass is 302 g/mol. The van der Waals surface area contributed by atoms with E-state index in [9.17, 15) is 5.26 Å². The molecule has 1 atom stereocenters. The Labute approximate surface area is 133 Å². The van der Waals surface area contributed by atoms with Crippen molar-refractivity contribution in [3.8, 4) is 11.8 Å². The lowest BCUT2D eigenvalue weighted by Gasteiger charge is -2.22. The third-order valence-electron chi connectivity index (χ3n) is 4.13. The van der Waals surface area contributed by atoms with Crippen LogP contribution in [0.1, 0.15) is 22.8 Å². The van der Waals surface area contributed by atoms with Crippen molar-refractivity contribution in [3.05, 3.63) is 76.9 Å². The molecular formula is C19H14N2O2. The molecule has 2 heterocycles. The molecule has 4 heteroatoms. The fraction of sp³-hybridized carbons (Fsp3) is 0.105. The third kappa shape index (κ3) is 1.98. The zero-order chi connectivity index (χ0) is 16.0. The molecule has 23 heavy (non-hydrogen) atoms. The van der Waals surface area contributed by atoms with Gasteiger partial charge in [0.15, 0.2) is 11.5 Å². The molecule has 0 fully saturated rings. The van der Waals surface area contributed by atoms with Crippen molar-refractivity contribution in [2.45, 2.75) is 12.8 Å². The second-order valence-corrected chi connectivity index (χ2v) is 5.63. The van der Waals surface area contributed by atoms with Gasteiger partial charge in [-0.25, -0.2) is 0 Å². The topological polar surface area (TPSA) is 72.2 Å². The molecule has 0 bridgehead atoms. The van der Waals surface area contributed by atoms with Crippen LogP contribution in [0.2, 0.25) is 0 Å². The van der Waals surface area contributed by atoms with E-state index in [1.165, 1.54) is 0 Å². The Balaban J connectivity index is 1.99. The molecule has 0 saturated carbocycles. The molecule has 0 saturated heterocycles. The van der Waals surface area contributed by atoms with Gasteiger partial charge in [0.1, 0.15) is 17.2 Å². The lowest BCUT2D eigenvalue weighted by molar-refractivity contribution is 0.372. The van der Waals surface area contributed by atoms with Crippen LogP contribution in [0.5, 0.6) is 5.75 Å². The molecule has 0 aliphatic carbocycles. The van der Waals surface area contributed by atoms with Gasteiger partial charge in [-0.15, -0.1) is 0 Å². The lowest BCUT2D eigenvalue weighted by Crippen LogP contribution is -2.20. The summed E-state index contributed by atoms with van der Waals surface area (Å²) in [7, 11) is 0. The molecule has 0 spiro atoms. The van der Waals surface area contributed by atoms with Crippen LogP contribution in [0.3, 0.4) is 0 Å². The molecule has 2 N–H and O–H groups in total. The predicted molar refractivity (Wildman–Crippen MR) is 86.7 cm³/mol. The quantitative estimate of drug-likeness (QED) is 0.738. The van der Waals surface area contributed by atoms with Gasteiger partial charge in [-0.2, -0.15) is 5.26 Å². The van der Waals surface area contributed by atoms with Crippen LogP contribution in [0.4, 0.5) is 0 Å². The molecule has 2 aromatic carbocycles. The second kappa shape index (κ2) is 4.92. The summed E-state index contributed by atoms with van der Waals surface area (Å²) in [6.07, 6.45) is 0. The molecule has 1 unspecified atom stereocenters. The summed E-state index contributed by atoms with van der Waals surface area (Å²) >= 11 is 0. The second-order valence-electron chi connectivity index (χ2n) is 5.63. The summed E-state index contributed by atoms with van der Waals surface area (Å²) in [5.74, 6) is 1.01. The molecule has 4 nitrogen and oxygen atoms in total. The Hall–Kier alpha value is -3.19. The highest BCUT2D eigenvalue weighted by Crippen LogP contribution is 2.47. The first-order valence-electron chi connectivity index (χ1n) is 7.34. The van der Waals surface area contributed by atoms with Gasteiger partial charge in [0.25, 0.3) is 0 Å². The van der Waals surface area contributed by atoms with Crippen LogP contribution in [-0.4, -0.2) is 0 Å². The van der Waals surface area contributed by atoms with Crippen molar-refractivity contribution in [2.75, 3.05) is 0 Å². The number of rotatable bonds is 1. The van der Waals surface area contributed by atoms with Crippen molar-refractivity contribution in [1.29, 1.82) is 5.26 Å². The number of allylic oxidation sites excluding steroid dienone is 1. The van der Waals surface area contributed by atoms with Crippen LogP contribution >= 0.6 is 0 Å². The van der Waals surface area contributed by atoms with Crippen LogP contribution < -0.4 is 10.5 Å². The van der Waals surface area contributed by atoms with Crippen molar-refractivity contribution in [1.82, 2.24) is 0 Å². The Morgan fingerprint density at radius 1 is 1.09 bits per heavy atom. The number of hydrogen-bond donors (Lipinski definition) is 1. The lowest BCUT2D eigenvalue weighted by atomic mass is 9.87.